The van der Waals surface area contributed by atoms with Gasteiger partial charge in [-0.1, -0.05) is 30.3 Å². The van der Waals surface area contributed by atoms with Crippen LogP contribution in [-0.2, 0) is 11.2 Å². The average molecular weight is 350 g/mol. The summed E-state index contributed by atoms with van der Waals surface area (Å²) >= 11 is 0. The van der Waals surface area contributed by atoms with E-state index < -0.39 is 4.92 Å². The zero-order chi connectivity index (χ0) is 18.4. The summed E-state index contributed by atoms with van der Waals surface area (Å²) in [6, 6.07) is 16.7. The molecular weight excluding hydrogens is 328 g/mol. The molecule has 134 valence electrons. The van der Waals surface area contributed by atoms with Crippen LogP contribution in [-0.4, -0.2) is 28.8 Å². The molecule has 0 aliphatic carbocycles. The van der Waals surface area contributed by atoms with Gasteiger partial charge in [0.15, 0.2) is 0 Å². The third kappa shape index (κ3) is 4.79. The van der Waals surface area contributed by atoms with E-state index >= 15 is 0 Å². The Hall–Kier alpha value is -2.95. The minimum absolute atomic E-state index is 0.00140. The van der Waals surface area contributed by atoms with Gasteiger partial charge in [-0.3, -0.25) is 14.9 Å². The van der Waals surface area contributed by atoms with E-state index in [0.717, 1.165) is 37.9 Å². The molecule has 2 aromatic carbocycles. The molecule has 0 atom stereocenters. The molecule has 0 bridgehead atoms. The van der Waals surface area contributed by atoms with Crippen LogP contribution in [0, 0.1) is 16.0 Å². The number of piperidine rings is 1. The lowest BCUT2D eigenvalue weighted by Gasteiger charge is -2.31. The van der Waals surface area contributed by atoms with Gasteiger partial charge in [0, 0.05) is 31.3 Å². The second kappa shape index (κ2) is 8.43. The first-order valence-corrected chi connectivity index (χ1v) is 8.87. The molecular formula is C21H22N2O3. The maximum atomic E-state index is 12.3. The third-order valence-corrected chi connectivity index (χ3v) is 4.82. The SMILES string of the molecule is O=C(C=Cc1ccc([N+](=O)[O-])cc1)N1CCC(Cc2ccccc2)CC1. The molecule has 1 aliphatic heterocycles. The van der Waals surface area contributed by atoms with Gasteiger partial charge in [0.2, 0.25) is 5.91 Å². The van der Waals surface area contributed by atoms with Crippen molar-refractivity contribution in [2.75, 3.05) is 13.1 Å². The summed E-state index contributed by atoms with van der Waals surface area (Å²) in [6.45, 7) is 1.56. The number of benzene rings is 2. The number of amides is 1. The van der Waals surface area contributed by atoms with Crippen LogP contribution in [0.1, 0.15) is 24.0 Å². The van der Waals surface area contributed by atoms with Gasteiger partial charge < -0.3 is 4.90 Å². The van der Waals surface area contributed by atoms with E-state index in [2.05, 4.69) is 24.3 Å². The van der Waals surface area contributed by atoms with Crippen LogP contribution in [0.5, 0.6) is 0 Å². The monoisotopic (exact) mass is 350 g/mol. The first-order chi connectivity index (χ1) is 12.6. The number of hydrogen-bond donors (Lipinski definition) is 0. The molecule has 3 rings (SSSR count). The van der Waals surface area contributed by atoms with E-state index in [1.807, 2.05) is 11.0 Å². The second-order valence-corrected chi connectivity index (χ2v) is 6.64. The van der Waals surface area contributed by atoms with E-state index in [0.29, 0.717) is 5.92 Å². The van der Waals surface area contributed by atoms with Gasteiger partial charge in [-0.05, 0) is 54.5 Å². The molecule has 0 saturated carbocycles. The van der Waals surface area contributed by atoms with Crippen molar-refractivity contribution in [3.05, 3.63) is 81.9 Å². The van der Waals surface area contributed by atoms with Crippen LogP contribution < -0.4 is 0 Å². The normalized spacial score (nSPS) is 15.3. The molecule has 2 aromatic rings. The van der Waals surface area contributed by atoms with E-state index in [1.54, 1.807) is 24.3 Å². The fourth-order valence-corrected chi connectivity index (χ4v) is 3.28. The molecule has 0 spiro atoms. The summed E-state index contributed by atoms with van der Waals surface area (Å²) in [5, 5.41) is 10.7. The summed E-state index contributed by atoms with van der Waals surface area (Å²) in [5.41, 5.74) is 2.19. The molecule has 0 unspecified atom stereocenters. The van der Waals surface area contributed by atoms with Crippen LogP contribution in [0.2, 0.25) is 0 Å². The third-order valence-electron chi connectivity index (χ3n) is 4.82. The Balaban J connectivity index is 1.49. The average Bonchev–Trinajstić information content (AvgIpc) is 2.68. The molecule has 26 heavy (non-hydrogen) atoms. The number of carbonyl (C=O) groups is 1. The van der Waals surface area contributed by atoms with Crippen LogP contribution in [0.25, 0.3) is 6.08 Å². The Morgan fingerprint density at radius 2 is 1.73 bits per heavy atom. The van der Waals surface area contributed by atoms with Gasteiger partial charge in [0.1, 0.15) is 0 Å². The molecule has 0 aromatic heterocycles. The minimum atomic E-state index is -0.432. The molecule has 1 saturated heterocycles. The maximum absolute atomic E-state index is 12.3. The molecule has 1 aliphatic rings. The van der Waals surface area contributed by atoms with Gasteiger partial charge >= 0.3 is 0 Å². The number of nitro benzene ring substituents is 1. The van der Waals surface area contributed by atoms with Crippen LogP contribution in [0.4, 0.5) is 5.69 Å². The summed E-state index contributed by atoms with van der Waals surface area (Å²) in [7, 11) is 0. The second-order valence-electron chi connectivity index (χ2n) is 6.64. The van der Waals surface area contributed by atoms with Crippen molar-refractivity contribution in [1.29, 1.82) is 0 Å². The highest BCUT2D eigenvalue weighted by Crippen LogP contribution is 2.22. The Morgan fingerprint density at radius 3 is 2.35 bits per heavy atom. The number of carbonyl (C=O) groups excluding carboxylic acids is 1. The Morgan fingerprint density at radius 1 is 1.08 bits per heavy atom. The lowest BCUT2D eigenvalue weighted by Crippen LogP contribution is -2.37. The lowest BCUT2D eigenvalue weighted by molar-refractivity contribution is -0.384. The number of rotatable bonds is 5. The quantitative estimate of drug-likeness (QED) is 0.463. The van der Waals surface area contributed by atoms with Crippen molar-refractivity contribution in [2.45, 2.75) is 19.3 Å². The highest BCUT2D eigenvalue weighted by Gasteiger charge is 2.21. The predicted molar refractivity (Wildman–Crippen MR) is 102 cm³/mol. The molecule has 0 N–H and O–H groups in total. The van der Waals surface area contributed by atoms with Gasteiger partial charge in [-0.2, -0.15) is 0 Å². The number of nitrogens with zero attached hydrogens (tertiary/aromatic N) is 2. The highest BCUT2D eigenvalue weighted by atomic mass is 16.6. The molecule has 1 fully saturated rings. The van der Waals surface area contributed by atoms with Gasteiger partial charge in [-0.15, -0.1) is 0 Å². The smallest absolute Gasteiger partial charge is 0.269 e. The number of non-ortho nitro benzene ring substituents is 1. The fraction of sp³-hybridized carbons (Fsp3) is 0.286. The van der Waals surface area contributed by atoms with E-state index in [1.165, 1.54) is 17.7 Å². The summed E-state index contributed by atoms with van der Waals surface area (Å²) in [5.74, 6) is 0.626. The van der Waals surface area contributed by atoms with Crippen LogP contribution >= 0.6 is 0 Å². The van der Waals surface area contributed by atoms with E-state index in [-0.39, 0.29) is 11.6 Å². The Kier molecular flexibility index (Phi) is 5.79. The largest absolute Gasteiger partial charge is 0.339 e. The zero-order valence-corrected chi connectivity index (χ0v) is 14.6. The lowest BCUT2D eigenvalue weighted by atomic mass is 9.90. The number of nitro groups is 1. The topological polar surface area (TPSA) is 63.4 Å². The van der Waals surface area contributed by atoms with Crippen molar-refractivity contribution in [1.82, 2.24) is 4.90 Å². The van der Waals surface area contributed by atoms with Crippen LogP contribution in [0.3, 0.4) is 0 Å². The van der Waals surface area contributed by atoms with Gasteiger partial charge in [-0.25, -0.2) is 0 Å². The van der Waals surface area contributed by atoms with Gasteiger partial charge in [0.05, 0.1) is 4.92 Å². The number of hydrogen-bond acceptors (Lipinski definition) is 3. The molecule has 1 heterocycles. The summed E-state index contributed by atoms with van der Waals surface area (Å²) < 4.78 is 0. The molecule has 5 heteroatoms. The van der Waals surface area contributed by atoms with Crippen molar-refractivity contribution in [2.24, 2.45) is 5.92 Å². The standard InChI is InChI=1S/C21H22N2O3/c24-21(11-8-17-6-9-20(10-7-17)23(25)26)22-14-12-19(13-15-22)16-18-4-2-1-3-5-18/h1-11,19H,12-16H2. The molecule has 0 radical (unpaired) electrons. The first kappa shape index (κ1) is 17.9. The van der Waals surface area contributed by atoms with Crippen LogP contribution in [0.15, 0.2) is 60.7 Å². The number of likely N-dealkylation sites (tertiary alicyclic amines) is 1. The minimum Gasteiger partial charge on any atom is -0.339 e. The van der Waals surface area contributed by atoms with E-state index in [4.69, 9.17) is 0 Å². The Bertz CT molecular complexity index is 777. The Labute approximate surface area is 153 Å². The predicted octanol–water partition coefficient (Wildman–Crippen LogP) is 4.09. The van der Waals surface area contributed by atoms with Crippen molar-refractivity contribution in [3.63, 3.8) is 0 Å². The fourth-order valence-electron chi connectivity index (χ4n) is 3.28. The summed E-state index contributed by atoms with van der Waals surface area (Å²) in [6.07, 6.45) is 6.38. The van der Waals surface area contributed by atoms with E-state index in [9.17, 15) is 14.9 Å². The molecule has 1 amide bonds. The highest BCUT2D eigenvalue weighted by molar-refractivity contribution is 5.91. The maximum Gasteiger partial charge on any atom is 0.269 e. The van der Waals surface area contributed by atoms with Crippen molar-refractivity contribution < 1.29 is 9.72 Å². The molecule has 5 nitrogen and oxygen atoms in total. The van der Waals surface area contributed by atoms with Crippen molar-refractivity contribution in [3.8, 4) is 0 Å². The first-order valence-electron chi connectivity index (χ1n) is 8.87. The zero-order valence-electron chi connectivity index (χ0n) is 14.6. The van der Waals surface area contributed by atoms with Gasteiger partial charge in [0.25, 0.3) is 5.69 Å². The van der Waals surface area contributed by atoms with Crippen molar-refractivity contribution >= 4 is 17.7 Å². The summed E-state index contributed by atoms with van der Waals surface area (Å²) in [4.78, 5) is 24.4.